The molecule has 19 heavy (non-hydrogen) atoms. The van der Waals surface area contributed by atoms with Crippen LogP contribution in [-0.2, 0) is 9.47 Å². The van der Waals surface area contributed by atoms with Gasteiger partial charge in [-0.15, -0.1) is 0 Å². The molecule has 0 aromatic rings. The van der Waals surface area contributed by atoms with E-state index in [4.69, 9.17) is 9.47 Å². The molecule has 2 heteroatoms. The molecule has 2 aliphatic carbocycles. The lowest BCUT2D eigenvalue weighted by molar-refractivity contribution is -0.122. The third-order valence-corrected chi connectivity index (χ3v) is 5.42. The summed E-state index contributed by atoms with van der Waals surface area (Å²) in [5.41, 5.74) is 0. The maximum Gasteiger partial charge on any atom is 0.162 e. The van der Waals surface area contributed by atoms with Crippen LogP contribution in [0.4, 0.5) is 0 Å². The number of fused-ring (bicyclic) bond motifs is 2. The van der Waals surface area contributed by atoms with Crippen molar-refractivity contribution in [1.82, 2.24) is 0 Å². The smallest absolute Gasteiger partial charge is 0.162 e. The third-order valence-electron chi connectivity index (χ3n) is 5.42. The second-order valence-corrected chi connectivity index (χ2v) is 6.68. The van der Waals surface area contributed by atoms with Gasteiger partial charge in [0, 0.05) is 5.92 Å². The largest absolute Gasteiger partial charge is 0.346 e. The predicted octanol–water partition coefficient (Wildman–Crippen LogP) is 4.15. The van der Waals surface area contributed by atoms with E-state index in [1.54, 1.807) is 0 Å². The van der Waals surface area contributed by atoms with Gasteiger partial charge >= 0.3 is 0 Å². The lowest BCUT2D eigenvalue weighted by atomic mass is 9.84. The van der Waals surface area contributed by atoms with Crippen LogP contribution in [0.3, 0.4) is 0 Å². The highest BCUT2D eigenvalue weighted by atomic mass is 16.7. The van der Waals surface area contributed by atoms with E-state index >= 15 is 0 Å². The Morgan fingerprint density at radius 2 is 1.53 bits per heavy atom. The molecule has 2 bridgehead atoms. The van der Waals surface area contributed by atoms with E-state index in [9.17, 15) is 0 Å². The summed E-state index contributed by atoms with van der Waals surface area (Å²) in [6.07, 6.45) is 11.5. The first-order valence-corrected chi connectivity index (χ1v) is 8.23. The van der Waals surface area contributed by atoms with Crippen molar-refractivity contribution in [3.8, 4) is 0 Å². The van der Waals surface area contributed by atoms with Crippen molar-refractivity contribution in [1.29, 1.82) is 0 Å². The number of hydrogen-bond acceptors (Lipinski definition) is 2. The first kappa shape index (κ1) is 13.6. The van der Waals surface area contributed by atoms with Gasteiger partial charge in [-0.25, -0.2) is 0 Å². The van der Waals surface area contributed by atoms with Crippen LogP contribution >= 0.6 is 0 Å². The van der Waals surface area contributed by atoms with Crippen LogP contribution in [0.25, 0.3) is 0 Å². The SMILES string of the molecule is CCC[C@@H]1OC([C@H]2C3C=C[C@H](C3)[C@@H]2C)O[C@@H]1CCC. The fraction of sp³-hybridized carbons (Fsp3) is 0.882. The highest BCUT2D eigenvalue weighted by Gasteiger charge is 2.50. The Labute approximate surface area is 117 Å². The fourth-order valence-corrected chi connectivity index (χ4v) is 4.37. The Hall–Kier alpha value is -0.340. The highest BCUT2D eigenvalue weighted by Crippen LogP contribution is 2.51. The molecular weight excluding hydrogens is 236 g/mol. The van der Waals surface area contributed by atoms with Crippen LogP contribution in [0.5, 0.6) is 0 Å². The minimum absolute atomic E-state index is 0.0584. The monoisotopic (exact) mass is 264 g/mol. The number of rotatable bonds is 5. The Balaban J connectivity index is 1.68. The van der Waals surface area contributed by atoms with E-state index in [-0.39, 0.29) is 6.29 Å². The first-order valence-electron chi connectivity index (χ1n) is 8.23. The average molecular weight is 264 g/mol. The summed E-state index contributed by atoms with van der Waals surface area (Å²) in [6.45, 7) is 6.86. The third kappa shape index (κ3) is 2.38. The van der Waals surface area contributed by atoms with Crippen molar-refractivity contribution < 1.29 is 9.47 Å². The van der Waals surface area contributed by atoms with E-state index in [2.05, 4.69) is 32.9 Å². The van der Waals surface area contributed by atoms with Gasteiger partial charge in [0.15, 0.2) is 6.29 Å². The molecule has 0 N–H and O–H groups in total. The van der Waals surface area contributed by atoms with Gasteiger partial charge in [0.2, 0.25) is 0 Å². The molecule has 2 unspecified atom stereocenters. The Bertz CT molecular complexity index is 324. The topological polar surface area (TPSA) is 18.5 Å². The van der Waals surface area contributed by atoms with E-state index in [0.29, 0.717) is 24.0 Å². The van der Waals surface area contributed by atoms with Gasteiger partial charge in [0.05, 0.1) is 12.2 Å². The summed E-state index contributed by atoms with van der Waals surface area (Å²) in [5, 5.41) is 0. The zero-order valence-electron chi connectivity index (χ0n) is 12.5. The van der Waals surface area contributed by atoms with Gasteiger partial charge in [0.25, 0.3) is 0 Å². The summed E-state index contributed by atoms with van der Waals surface area (Å²) >= 11 is 0. The lowest BCUT2D eigenvalue weighted by Gasteiger charge is -2.29. The molecule has 0 radical (unpaired) electrons. The number of hydrogen-bond donors (Lipinski definition) is 0. The molecule has 0 aromatic heterocycles. The highest BCUT2D eigenvalue weighted by molar-refractivity contribution is 5.13. The van der Waals surface area contributed by atoms with Crippen LogP contribution < -0.4 is 0 Å². The minimum atomic E-state index is 0.0584. The zero-order chi connectivity index (χ0) is 13.4. The molecule has 2 nitrogen and oxygen atoms in total. The molecule has 0 aromatic carbocycles. The second kappa shape index (κ2) is 5.57. The molecule has 2 fully saturated rings. The van der Waals surface area contributed by atoms with Crippen LogP contribution in [0.2, 0.25) is 0 Å². The van der Waals surface area contributed by atoms with Gasteiger partial charge in [0.1, 0.15) is 0 Å². The van der Waals surface area contributed by atoms with E-state index in [1.165, 1.54) is 19.3 Å². The van der Waals surface area contributed by atoms with Crippen LogP contribution in [-0.4, -0.2) is 18.5 Å². The normalized spacial score (nSPS) is 48.3. The lowest BCUT2D eigenvalue weighted by Crippen LogP contribution is -2.31. The molecule has 1 saturated heterocycles. The zero-order valence-corrected chi connectivity index (χ0v) is 12.5. The molecule has 0 spiro atoms. The van der Waals surface area contributed by atoms with Crippen molar-refractivity contribution in [3.63, 3.8) is 0 Å². The minimum Gasteiger partial charge on any atom is -0.346 e. The predicted molar refractivity (Wildman–Crippen MR) is 76.7 cm³/mol. The van der Waals surface area contributed by atoms with Gasteiger partial charge < -0.3 is 9.47 Å². The van der Waals surface area contributed by atoms with Gasteiger partial charge in [-0.3, -0.25) is 0 Å². The molecule has 1 heterocycles. The quantitative estimate of drug-likeness (QED) is 0.694. The average Bonchev–Trinajstić information content (AvgIpc) is 3.06. The molecule has 0 amide bonds. The standard InChI is InChI=1S/C17H28O2/c1-4-6-14-15(7-5-2)19-17(18-14)16-11(3)12-8-9-13(16)10-12/h8-9,11-17H,4-7,10H2,1-3H3/t11-,12+,13?,14-,15+,16+,17?/m0/s1. The molecule has 3 rings (SSSR count). The van der Waals surface area contributed by atoms with Crippen LogP contribution in [0.15, 0.2) is 12.2 Å². The number of ether oxygens (including phenoxy) is 2. The number of allylic oxidation sites excluding steroid dienone is 2. The Kier molecular flexibility index (Phi) is 4.00. The molecule has 3 aliphatic rings. The van der Waals surface area contributed by atoms with E-state index in [0.717, 1.165) is 24.7 Å². The Morgan fingerprint density at radius 1 is 0.947 bits per heavy atom. The van der Waals surface area contributed by atoms with Gasteiger partial charge in [-0.05, 0) is 37.0 Å². The summed E-state index contributed by atoms with van der Waals surface area (Å²) < 4.78 is 12.6. The van der Waals surface area contributed by atoms with Crippen molar-refractivity contribution in [3.05, 3.63) is 12.2 Å². The summed E-state index contributed by atoms with van der Waals surface area (Å²) in [6, 6.07) is 0. The van der Waals surface area contributed by atoms with Crippen molar-refractivity contribution in [2.75, 3.05) is 0 Å². The van der Waals surface area contributed by atoms with Gasteiger partial charge in [-0.2, -0.15) is 0 Å². The molecule has 7 atom stereocenters. The van der Waals surface area contributed by atoms with E-state index < -0.39 is 0 Å². The van der Waals surface area contributed by atoms with Crippen molar-refractivity contribution >= 4 is 0 Å². The summed E-state index contributed by atoms with van der Waals surface area (Å²) in [7, 11) is 0. The first-order chi connectivity index (χ1) is 9.24. The molecule has 108 valence electrons. The molecule has 1 aliphatic heterocycles. The maximum atomic E-state index is 6.32. The maximum absolute atomic E-state index is 6.32. The summed E-state index contributed by atoms with van der Waals surface area (Å²) in [4.78, 5) is 0. The van der Waals surface area contributed by atoms with Crippen molar-refractivity contribution in [2.24, 2.45) is 23.7 Å². The van der Waals surface area contributed by atoms with Crippen LogP contribution in [0, 0.1) is 23.7 Å². The van der Waals surface area contributed by atoms with Crippen molar-refractivity contribution in [2.45, 2.75) is 71.4 Å². The molecule has 1 saturated carbocycles. The van der Waals surface area contributed by atoms with Crippen LogP contribution in [0.1, 0.15) is 52.9 Å². The Morgan fingerprint density at radius 3 is 2.00 bits per heavy atom. The van der Waals surface area contributed by atoms with Gasteiger partial charge in [-0.1, -0.05) is 45.8 Å². The summed E-state index contributed by atoms with van der Waals surface area (Å²) in [5.74, 6) is 2.79. The fourth-order valence-electron chi connectivity index (χ4n) is 4.37. The van der Waals surface area contributed by atoms with E-state index in [1.807, 2.05) is 0 Å². The molecular formula is C17H28O2. The second-order valence-electron chi connectivity index (χ2n) is 6.68.